The molecule has 13 rings (SSSR count). The summed E-state index contributed by atoms with van der Waals surface area (Å²) in [4.78, 5) is 44.0. The maximum atomic E-state index is 17.5. The van der Waals surface area contributed by atoms with Crippen molar-refractivity contribution in [2.45, 2.75) is 89.9 Å². The Hall–Kier alpha value is -5.22. The molecule has 8 bridgehead atoms. The number of nitrogens with two attached hydrogens (primary N) is 1. The second kappa shape index (κ2) is 16.6. The Labute approximate surface area is 377 Å². The third-order valence-corrected chi connectivity index (χ3v) is 17.0. The lowest BCUT2D eigenvalue weighted by Gasteiger charge is -2.72. The zero-order valence-corrected chi connectivity index (χ0v) is 37.4. The van der Waals surface area contributed by atoms with E-state index in [9.17, 15) is 4.79 Å². The maximum Gasteiger partial charge on any atom is 0.239 e. The van der Waals surface area contributed by atoms with Crippen molar-refractivity contribution in [1.82, 2.24) is 9.97 Å². The summed E-state index contributed by atoms with van der Waals surface area (Å²) < 4.78 is 11.3. The van der Waals surface area contributed by atoms with Gasteiger partial charge < -0.3 is 25.8 Å². The average molecular weight is 861 g/mol. The van der Waals surface area contributed by atoms with E-state index < -0.39 is 5.41 Å². The third-order valence-electron chi connectivity index (χ3n) is 17.0. The van der Waals surface area contributed by atoms with Crippen molar-refractivity contribution >= 4 is 56.6 Å². The number of carbonyl (C=O) groups is 2. The molecule has 8 fully saturated rings. The number of para-hydroxylation sites is 1. The van der Waals surface area contributed by atoms with E-state index in [4.69, 9.17) is 25.2 Å². The van der Waals surface area contributed by atoms with Crippen LogP contribution in [-0.2, 0) is 14.3 Å². The Bertz CT molecular complexity index is 2430. The van der Waals surface area contributed by atoms with Crippen molar-refractivity contribution in [3.05, 3.63) is 91.0 Å². The van der Waals surface area contributed by atoms with Gasteiger partial charge in [-0.1, -0.05) is 30.3 Å². The molecule has 0 atom stereocenters. The second-order valence-electron chi connectivity index (χ2n) is 21.0. The molecule has 3 aromatic carbocycles. The number of amides is 2. The topological polar surface area (TPSA) is 132 Å². The number of carbonyl (C=O) groups excluding carboxylic acids is 2. The van der Waals surface area contributed by atoms with Crippen molar-refractivity contribution in [1.29, 1.82) is 0 Å². The molecule has 0 aliphatic heterocycles. The monoisotopic (exact) mass is 860 g/mol. The normalized spacial score (nSPS) is 29.5. The highest BCUT2D eigenvalue weighted by molar-refractivity contribution is 6.15. The van der Waals surface area contributed by atoms with Crippen LogP contribution in [0, 0.1) is 51.8 Å². The number of nitrogens with zero attached hydrogens (tertiary/aromatic N) is 3. The molecule has 8 saturated carbocycles. The highest BCUT2D eigenvalue weighted by Crippen LogP contribution is 2.77. The summed E-state index contributed by atoms with van der Waals surface area (Å²) >= 11 is 0. The van der Waals surface area contributed by atoms with Gasteiger partial charge in [0.2, 0.25) is 11.8 Å². The van der Waals surface area contributed by atoms with Crippen LogP contribution in [-0.4, -0.2) is 55.2 Å². The number of benzene rings is 3. The Morgan fingerprint density at radius 1 is 0.641 bits per heavy atom. The van der Waals surface area contributed by atoms with Crippen molar-refractivity contribution in [3.8, 4) is 5.75 Å². The summed E-state index contributed by atoms with van der Waals surface area (Å²) in [5.41, 5.74) is 8.22. The molecular weight excluding hydrogens is 797 g/mol. The first-order valence-electron chi connectivity index (χ1n) is 24.3. The summed E-state index contributed by atoms with van der Waals surface area (Å²) in [5.74, 6) is 5.65. The molecule has 0 saturated heterocycles. The van der Waals surface area contributed by atoms with Crippen LogP contribution in [0.2, 0.25) is 0 Å². The number of pyridine rings is 2. The van der Waals surface area contributed by atoms with Gasteiger partial charge in [0.1, 0.15) is 24.0 Å². The van der Waals surface area contributed by atoms with Gasteiger partial charge >= 0.3 is 0 Å². The highest BCUT2D eigenvalue weighted by atomic mass is 16.5. The van der Waals surface area contributed by atoms with E-state index in [-0.39, 0.29) is 29.1 Å². The Kier molecular flexibility index (Phi) is 10.8. The lowest BCUT2D eigenvalue weighted by Crippen LogP contribution is -2.70. The van der Waals surface area contributed by atoms with Gasteiger partial charge in [0.05, 0.1) is 34.4 Å². The minimum atomic E-state index is -0.966. The van der Waals surface area contributed by atoms with Gasteiger partial charge in [-0.3, -0.25) is 14.5 Å². The van der Waals surface area contributed by atoms with Crippen molar-refractivity contribution in [2.24, 2.45) is 57.5 Å². The van der Waals surface area contributed by atoms with E-state index >= 15 is 4.79 Å². The first-order valence-corrected chi connectivity index (χ1v) is 24.3. The van der Waals surface area contributed by atoms with Gasteiger partial charge in [0.15, 0.2) is 0 Å². The van der Waals surface area contributed by atoms with Crippen LogP contribution in [0.15, 0.2) is 91.0 Å². The smallest absolute Gasteiger partial charge is 0.239 e. The number of fused-ring (bicyclic) bond motifs is 2. The number of rotatable bonds is 17. The standard InChI is InChI=1S/C54H64N6O4/c1-63-20-7-18-56-49-16-14-42-44(58-49)10-5-12-46(42)60(47-13-6-11-45-43(47)15-17-50(59-45)57-19-21-64-41-8-3-2-4-9-41)51(62)54(34-48(55)61,52-28-35-22-36(29-52)24-37(23-35)30-52)53-31-38-25-39(32-53)27-40(26-38)33-53/h2-6,8-17,35-40H,7,18-34H2,1H3,(H2,55,61)(H,56,58)(H,57,59). The summed E-state index contributed by atoms with van der Waals surface area (Å²) in [6, 6.07) is 30.4. The lowest BCUT2D eigenvalue weighted by molar-refractivity contribution is -0.226. The molecule has 2 amide bonds. The first kappa shape index (κ1) is 41.5. The Balaban J connectivity index is 1.07. The van der Waals surface area contributed by atoms with Crippen molar-refractivity contribution < 1.29 is 19.1 Å². The van der Waals surface area contributed by atoms with Gasteiger partial charge in [-0.05, 0) is 190 Å². The van der Waals surface area contributed by atoms with Crippen LogP contribution in [0.3, 0.4) is 0 Å². The number of aromatic nitrogens is 2. The summed E-state index contributed by atoms with van der Waals surface area (Å²) in [5, 5.41) is 8.72. The van der Waals surface area contributed by atoms with Crippen LogP contribution in [0.25, 0.3) is 21.8 Å². The SMILES string of the molecule is COCCCNc1ccc2c(N(C(=O)C(CC(N)=O)(C34CC5CC(CC(C5)C3)C4)C34CC5CC(CC(C5)C3)C4)c3cccc4nc(NCCOc5ccccc5)ccc34)cccc2n1. The highest BCUT2D eigenvalue weighted by Gasteiger charge is 2.74. The molecule has 334 valence electrons. The lowest BCUT2D eigenvalue weighted by atomic mass is 9.32. The fraction of sp³-hybridized carbons (Fsp3) is 0.519. The van der Waals surface area contributed by atoms with Crippen LogP contribution in [0.1, 0.15) is 89.9 Å². The largest absolute Gasteiger partial charge is 0.492 e. The van der Waals surface area contributed by atoms with E-state index in [1.54, 1.807) is 7.11 Å². The predicted molar refractivity (Wildman–Crippen MR) is 253 cm³/mol. The molecule has 2 aromatic heterocycles. The van der Waals surface area contributed by atoms with Crippen molar-refractivity contribution in [3.63, 3.8) is 0 Å². The number of ether oxygens (including phenoxy) is 2. The number of hydrogen-bond donors (Lipinski definition) is 3. The van der Waals surface area contributed by atoms with Crippen LogP contribution in [0.5, 0.6) is 5.75 Å². The molecule has 0 spiro atoms. The average Bonchev–Trinajstić information content (AvgIpc) is 3.28. The molecule has 4 N–H and O–H groups in total. The van der Waals surface area contributed by atoms with E-state index in [0.717, 1.165) is 102 Å². The van der Waals surface area contributed by atoms with E-state index in [1.165, 1.54) is 38.5 Å². The molecule has 10 heteroatoms. The molecule has 8 aliphatic carbocycles. The van der Waals surface area contributed by atoms with Gasteiger partial charge in [0.25, 0.3) is 0 Å². The molecule has 64 heavy (non-hydrogen) atoms. The van der Waals surface area contributed by atoms with E-state index in [1.807, 2.05) is 66.7 Å². The number of anilines is 4. The number of methoxy groups -OCH3 is 1. The molecule has 0 radical (unpaired) electrons. The molecular formula is C54H64N6O4. The van der Waals surface area contributed by atoms with Gasteiger partial charge in [-0.25, -0.2) is 9.97 Å². The quantitative estimate of drug-likeness (QED) is 0.0788. The number of hydrogen-bond acceptors (Lipinski definition) is 8. The first-order chi connectivity index (χ1) is 31.2. The van der Waals surface area contributed by atoms with E-state index in [2.05, 4.69) is 39.8 Å². The van der Waals surface area contributed by atoms with Crippen LogP contribution >= 0.6 is 0 Å². The molecule has 10 nitrogen and oxygen atoms in total. The molecule has 8 aliphatic rings. The van der Waals surface area contributed by atoms with Crippen LogP contribution < -0.4 is 26.0 Å². The third kappa shape index (κ3) is 7.19. The fourth-order valence-corrected chi connectivity index (χ4v) is 15.7. The van der Waals surface area contributed by atoms with Gasteiger partial charge in [-0.2, -0.15) is 0 Å². The zero-order valence-electron chi connectivity index (χ0n) is 37.4. The summed E-state index contributed by atoms with van der Waals surface area (Å²) in [6.45, 7) is 2.47. The maximum absolute atomic E-state index is 17.5. The summed E-state index contributed by atoms with van der Waals surface area (Å²) in [6.07, 6.45) is 14.6. The minimum Gasteiger partial charge on any atom is -0.492 e. The number of primary amides is 1. The fourth-order valence-electron chi connectivity index (χ4n) is 15.7. The summed E-state index contributed by atoms with van der Waals surface area (Å²) in [7, 11) is 1.72. The Morgan fingerprint density at radius 3 is 1.59 bits per heavy atom. The number of nitrogens with one attached hydrogen (secondary N) is 2. The molecule has 0 unspecified atom stereocenters. The minimum absolute atomic E-state index is 0.0669. The van der Waals surface area contributed by atoms with Crippen LogP contribution in [0.4, 0.5) is 23.0 Å². The Morgan fingerprint density at radius 2 is 1.12 bits per heavy atom. The zero-order chi connectivity index (χ0) is 43.5. The van der Waals surface area contributed by atoms with E-state index in [0.29, 0.717) is 55.3 Å². The van der Waals surface area contributed by atoms with Gasteiger partial charge in [-0.15, -0.1) is 0 Å². The molecule has 2 heterocycles. The predicted octanol–water partition coefficient (Wildman–Crippen LogP) is 10.7. The second-order valence-corrected chi connectivity index (χ2v) is 21.0. The van der Waals surface area contributed by atoms with Gasteiger partial charge in [0, 0.05) is 37.5 Å². The van der Waals surface area contributed by atoms with Crippen molar-refractivity contribution in [2.75, 3.05) is 48.9 Å². The molecule has 5 aromatic rings.